The number of carbonyl (C=O) groups excluding carboxylic acids is 1. The number of nitrogens with zero attached hydrogens (tertiary/aromatic N) is 1. The maximum atomic E-state index is 13.6. The van der Waals surface area contributed by atoms with Gasteiger partial charge in [-0.05, 0) is 58.9 Å². The molecule has 0 unspecified atom stereocenters. The van der Waals surface area contributed by atoms with Gasteiger partial charge in [-0.3, -0.25) is 10.1 Å². The lowest BCUT2D eigenvalue weighted by atomic mass is 9.95. The molecule has 0 bridgehead atoms. The third kappa shape index (κ3) is 7.23. The van der Waals surface area contributed by atoms with Gasteiger partial charge in [-0.2, -0.15) is 5.26 Å². The summed E-state index contributed by atoms with van der Waals surface area (Å²) in [6.07, 6.45) is 1.73. The molecule has 188 valence electrons. The summed E-state index contributed by atoms with van der Waals surface area (Å²) >= 11 is 0. The van der Waals surface area contributed by atoms with E-state index in [1.165, 1.54) is 18.4 Å². The number of amides is 1. The zero-order chi connectivity index (χ0) is 26.3. The summed E-state index contributed by atoms with van der Waals surface area (Å²) < 4.78 is 37.1. The van der Waals surface area contributed by atoms with Crippen molar-refractivity contribution in [2.24, 2.45) is 5.92 Å². The number of hydrogen-bond acceptors (Lipinski definition) is 5. The van der Waals surface area contributed by atoms with Crippen molar-refractivity contribution in [1.82, 2.24) is 10.6 Å². The standard InChI is InChI=1S/C28H30FN3O3S/c1-19(2)18-26(31-17-16-30)28(33)32-27(23-8-12-24(29)13-9-23)22-6-4-20(5-7-22)21-10-14-25(15-11-21)36(3,34)35/h4-15,19,26-27,31H,17-18H2,1-3H3,(H,32,33)/t26-,27-/m0/s1. The molecule has 0 aliphatic heterocycles. The molecule has 8 heteroatoms. The number of sulfone groups is 1. The van der Waals surface area contributed by atoms with Gasteiger partial charge in [0.25, 0.3) is 0 Å². The minimum absolute atomic E-state index is 0.0544. The van der Waals surface area contributed by atoms with Crippen LogP contribution < -0.4 is 10.6 Å². The molecule has 0 fully saturated rings. The molecule has 36 heavy (non-hydrogen) atoms. The Labute approximate surface area is 212 Å². The van der Waals surface area contributed by atoms with Crippen LogP contribution >= 0.6 is 0 Å². The molecule has 3 rings (SSSR count). The second-order valence-electron chi connectivity index (χ2n) is 9.13. The first-order valence-electron chi connectivity index (χ1n) is 11.6. The van der Waals surface area contributed by atoms with Gasteiger partial charge in [-0.25, -0.2) is 12.8 Å². The molecule has 6 nitrogen and oxygen atoms in total. The van der Waals surface area contributed by atoms with Crippen molar-refractivity contribution in [2.45, 2.75) is 37.2 Å². The Morgan fingerprint density at radius 2 is 1.42 bits per heavy atom. The summed E-state index contributed by atoms with van der Waals surface area (Å²) in [6.45, 7) is 4.07. The van der Waals surface area contributed by atoms with E-state index in [4.69, 9.17) is 5.26 Å². The molecule has 1 amide bonds. The van der Waals surface area contributed by atoms with E-state index in [-0.39, 0.29) is 29.1 Å². The Morgan fingerprint density at radius 1 is 0.917 bits per heavy atom. The van der Waals surface area contributed by atoms with Crippen molar-refractivity contribution in [3.05, 3.63) is 89.7 Å². The Kier molecular flexibility index (Phi) is 8.97. The Balaban J connectivity index is 1.90. The van der Waals surface area contributed by atoms with Gasteiger partial charge in [-0.15, -0.1) is 0 Å². The molecule has 0 heterocycles. The molecule has 3 aromatic rings. The lowest BCUT2D eigenvalue weighted by Gasteiger charge is -2.25. The van der Waals surface area contributed by atoms with E-state index in [1.807, 2.05) is 44.2 Å². The second-order valence-corrected chi connectivity index (χ2v) is 11.1. The van der Waals surface area contributed by atoms with Gasteiger partial charge in [0.15, 0.2) is 9.84 Å². The predicted octanol–water partition coefficient (Wildman–Crippen LogP) is 4.63. The summed E-state index contributed by atoms with van der Waals surface area (Å²) in [5.41, 5.74) is 3.26. The van der Waals surface area contributed by atoms with Crippen LogP contribution in [0.4, 0.5) is 4.39 Å². The fourth-order valence-electron chi connectivity index (χ4n) is 3.94. The number of hydrogen-bond donors (Lipinski definition) is 2. The molecular weight excluding hydrogens is 477 g/mol. The lowest BCUT2D eigenvalue weighted by molar-refractivity contribution is -0.124. The van der Waals surface area contributed by atoms with E-state index >= 15 is 0 Å². The van der Waals surface area contributed by atoms with Gasteiger partial charge in [0.1, 0.15) is 5.82 Å². The highest BCUT2D eigenvalue weighted by atomic mass is 32.2. The average molecular weight is 508 g/mol. The largest absolute Gasteiger partial charge is 0.344 e. The third-order valence-corrected chi connectivity index (χ3v) is 6.93. The number of nitriles is 1. The number of rotatable bonds is 10. The van der Waals surface area contributed by atoms with Gasteiger partial charge in [0.05, 0.1) is 29.6 Å². The number of benzene rings is 3. The SMILES string of the molecule is CC(C)C[C@H](NCC#N)C(=O)N[C@H](c1ccc(F)cc1)c1ccc(-c2ccc(S(C)(=O)=O)cc2)cc1. The van der Waals surface area contributed by atoms with E-state index in [0.29, 0.717) is 6.42 Å². The maximum Gasteiger partial charge on any atom is 0.237 e. The summed E-state index contributed by atoms with van der Waals surface area (Å²) in [4.78, 5) is 13.5. The Hall–Kier alpha value is -3.54. The molecule has 0 spiro atoms. The second kappa shape index (κ2) is 11.9. The van der Waals surface area contributed by atoms with Gasteiger partial charge in [0.2, 0.25) is 5.91 Å². The van der Waals surface area contributed by atoms with Crippen LogP contribution in [0.5, 0.6) is 0 Å². The van der Waals surface area contributed by atoms with Gasteiger partial charge in [-0.1, -0.05) is 62.4 Å². The molecule has 0 saturated carbocycles. The normalized spacial score (nSPS) is 13.1. The molecule has 2 N–H and O–H groups in total. The van der Waals surface area contributed by atoms with Crippen LogP contribution in [0.3, 0.4) is 0 Å². The molecule has 2 atom stereocenters. The van der Waals surface area contributed by atoms with E-state index in [9.17, 15) is 17.6 Å². The van der Waals surface area contributed by atoms with Crippen molar-refractivity contribution in [3.8, 4) is 17.2 Å². The predicted molar refractivity (Wildman–Crippen MR) is 138 cm³/mol. The van der Waals surface area contributed by atoms with Gasteiger partial charge >= 0.3 is 0 Å². The zero-order valence-corrected chi connectivity index (χ0v) is 21.3. The van der Waals surface area contributed by atoms with Crippen molar-refractivity contribution in [1.29, 1.82) is 5.26 Å². The first kappa shape index (κ1) is 27.1. The van der Waals surface area contributed by atoms with Crippen LogP contribution in [0.1, 0.15) is 37.4 Å². The first-order valence-corrected chi connectivity index (χ1v) is 13.5. The first-order chi connectivity index (χ1) is 17.1. The highest BCUT2D eigenvalue weighted by Gasteiger charge is 2.24. The maximum absolute atomic E-state index is 13.6. The van der Waals surface area contributed by atoms with E-state index < -0.39 is 21.9 Å². The number of carbonyl (C=O) groups is 1. The highest BCUT2D eigenvalue weighted by molar-refractivity contribution is 7.90. The monoisotopic (exact) mass is 507 g/mol. The average Bonchev–Trinajstić information content (AvgIpc) is 2.85. The lowest BCUT2D eigenvalue weighted by Crippen LogP contribution is -2.46. The van der Waals surface area contributed by atoms with E-state index in [1.54, 1.807) is 36.4 Å². The minimum atomic E-state index is -3.28. The molecule has 0 radical (unpaired) electrons. The minimum Gasteiger partial charge on any atom is -0.344 e. The third-order valence-electron chi connectivity index (χ3n) is 5.80. The van der Waals surface area contributed by atoms with Crippen LogP contribution in [0.15, 0.2) is 77.7 Å². The molecule has 0 aromatic heterocycles. The zero-order valence-electron chi connectivity index (χ0n) is 20.5. The van der Waals surface area contributed by atoms with E-state index in [2.05, 4.69) is 10.6 Å². The van der Waals surface area contributed by atoms with Crippen molar-refractivity contribution >= 4 is 15.7 Å². The van der Waals surface area contributed by atoms with Crippen LogP contribution in [0, 0.1) is 23.1 Å². The van der Waals surface area contributed by atoms with Gasteiger partial charge < -0.3 is 5.32 Å². The Bertz CT molecular complexity index is 1310. The van der Waals surface area contributed by atoms with Crippen molar-refractivity contribution in [3.63, 3.8) is 0 Å². The Morgan fingerprint density at radius 3 is 1.89 bits per heavy atom. The fourth-order valence-corrected chi connectivity index (χ4v) is 4.57. The smallest absolute Gasteiger partial charge is 0.237 e. The number of halogens is 1. The topological polar surface area (TPSA) is 99.1 Å². The van der Waals surface area contributed by atoms with Crippen LogP contribution in [0.25, 0.3) is 11.1 Å². The van der Waals surface area contributed by atoms with Crippen LogP contribution in [-0.2, 0) is 14.6 Å². The number of nitrogens with one attached hydrogen (secondary N) is 2. The van der Waals surface area contributed by atoms with Crippen LogP contribution in [-0.4, -0.2) is 33.2 Å². The summed E-state index contributed by atoms with van der Waals surface area (Å²) in [7, 11) is -3.28. The molecular formula is C28H30FN3O3S. The van der Waals surface area contributed by atoms with Crippen molar-refractivity contribution in [2.75, 3.05) is 12.8 Å². The summed E-state index contributed by atoms with van der Waals surface area (Å²) in [6, 6.07) is 21.1. The molecule has 0 aliphatic carbocycles. The fraction of sp³-hybridized carbons (Fsp3) is 0.286. The van der Waals surface area contributed by atoms with Crippen LogP contribution in [0.2, 0.25) is 0 Å². The quantitative estimate of drug-likeness (QED) is 0.390. The highest BCUT2D eigenvalue weighted by Crippen LogP contribution is 2.27. The summed E-state index contributed by atoms with van der Waals surface area (Å²) in [5.74, 6) is -0.372. The molecule has 0 saturated heterocycles. The van der Waals surface area contributed by atoms with Gasteiger partial charge in [0, 0.05) is 6.26 Å². The van der Waals surface area contributed by atoms with Crippen molar-refractivity contribution < 1.29 is 17.6 Å². The van der Waals surface area contributed by atoms with E-state index in [0.717, 1.165) is 22.3 Å². The molecule has 0 aliphatic rings. The molecule has 3 aromatic carbocycles. The summed E-state index contributed by atoms with van der Waals surface area (Å²) in [5, 5.41) is 15.0.